The van der Waals surface area contributed by atoms with Crippen LogP contribution in [0.1, 0.15) is 5.01 Å². The second kappa shape index (κ2) is 4.71. The van der Waals surface area contributed by atoms with E-state index in [0.717, 1.165) is 15.2 Å². The van der Waals surface area contributed by atoms with E-state index in [0.29, 0.717) is 5.76 Å². The van der Waals surface area contributed by atoms with Crippen LogP contribution in [0.25, 0.3) is 21.9 Å². The van der Waals surface area contributed by atoms with Crippen LogP contribution in [0.4, 0.5) is 0 Å². The highest BCUT2D eigenvalue weighted by atomic mass is 32.1. The summed E-state index contributed by atoms with van der Waals surface area (Å²) in [5.74, 6) is 0.0712. The van der Waals surface area contributed by atoms with Crippen LogP contribution in [0.2, 0.25) is 0 Å². The summed E-state index contributed by atoms with van der Waals surface area (Å²) >= 11 is 1.53. The Morgan fingerprint density at radius 3 is 2.90 bits per heavy atom. The van der Waals surface area contributed by atoms with E-state index in [1.54, 1.807) is 12.1 Å². The Balaban J connectivity index is 1.69. The zero-order valence-corrected chi connectivity index (χ0v) is 11.5. The molecule has 21 heavy (non-hydrogen) atoms. The van der Waals surface area contributed by atoms with E-state index in [-0.39, 0.29) is 12.4 Å². The molecule has 3 aromatic heterocycles. The minimum atomic E-state index is -0.527. The average Bonchev–Trinajstić information content (AvgIpc) is 3.19. The highest BCUT2D eigenvalue weighted by Crippen LogP contribution is 2.22. The summed E-state index contributed by atoms with van der Waals surface area (Å²) in [4.78, 5) is 16.3. The number of hydrogen-bond donors (Lipinski definition) is 0. The molecule has 0 saturated carbocycles. The molecule has 0 saturated heterocycles. The first kappa shape index (κ1) is 12.1. The van der Waals surface area contributed by atoms with E-state index in [4.69, 9.17) is 8.83 Å². The Labute approximate surface area is 122 Å². The zero-order valence-electron chi connectivity index (χ0n) is 10.7. The largest absolute Gasteiger partial charge is 0.459 e. The second-order valence-corrected chi connectivity index (χ2v) is 5.50. The summed E-state index contributed by atoms with van der Waals surface area (Å²) in [6.07, 6.45) is 1.50. The summed E-state index contributed by atoms with van der Waals surface area (Å²) in [5.41, 5.74) is 0.917. The number of para-hydroxylation sites is 1. The Kier molecular flexibility index (Phi) is 2.71. The van der Waals surface area contributed by atoms with Crippen molar-refractivity contribution in [2.24, 2.45) is 0 Å². The fraction of sp³-hybridized carbons (Fsp3) is 0.0714. The lowest BCUT2D eigenvalue weighted by Crippen LogP contribution is -2.16. The minimum absolute atomic E-state index is 0.172. The highest BCUT2D eigenvalue weighted by Gasteiger charge is 2.14. The van der Waals surface area contributed by atoms with Gasteiger partial charge in [0.15, 0.2) is 5.76 Å². The van der Waals surface area contributed by atoms with Gasteiger partial charge in [-0.2, -0.15) is 4.68 Å². The Hall–Kier alpha value is -2.67. The molecule has 0 amide bonds. The number of thiazole rings is 1. The van der Waals surface area contributed by atoms with Crippen molar-refractivity contribution < 1.29 is 8.83 Å². The maximum Gasteiger partial charge on any atom is 0.437 e. The lowest BCUT2D eigenvalue weighted by Gasteiger charge is -1.92. The quantitative estimate of drug-likeness (QED) is 0.581. The van der Waals surface area contributed by atoms with Crippen LogP contribution in [0.5, 0.6) is 0 Å². The van der Waals surface area contributed by atoms with E-state index in [1.807, 2.05) is 24.3 Å². The number of hydrogen-bond acceptors (Lipinski definition) is 6. The van der Waals surface area contributed by atoms with Crippen molar-refractivity contribution in [2.45, 2.75) is 6.54 Å². The monoisotopic (exact) mass is 299 g/mol. The van der Waals surface area contributed by atoms with Gasteiger partial charge in [0.1, 0.15) is 11.6 Å². The normalized spacial score (nSPS) is 11.2. The average molecular weight is 299 g/mol. The molecule has 0 aliphatic heterocycles. The van der Waals surface area contributed by atoms with Crippen molar-refractivity contribution in [1.29, 1.82) is 0 Å². The van der Waals surface area contributed by atoms with Gasteiger partial charge in [0.25, 0.3) is 5.89 Å². The molecule has 7 heteroatoms. The van der Waals surface area contributed by atoms with Gasteiger partial charge in [-0.05, 0) is 24.3 Å². The highest BCUT2D eigenvalue weighted by molar-refractivity contribution is 7.18. The molecule has 104 valence electrons. The summed E-state index contributed by atoms with van der Waals surface area (Å²) < 4.78 is 12.6. The first-order valence-corrected chi connectivity index (χ1v) is 7.07. The van der Waals surface area contributed by atoms with E-state index in [1.165, 1.54) is 22.3 Å². The SMILES string of the molecule is O=c1oc(-c2ccco2)nn1Cc1nc2ccccc2s1. The van der Waals surface area contributed by atoms with E-state index in [9.17, 15) is 4.79 Å². The molecule has 0 fully saturated rings. The van der Waals surface area contributed by atoms with Gasteiger partial charge < -0.3 is 8.83 Å². The van der Waals surface area contributed by atoms with Crippen molar-refractivity contribution in [3.63, 3.8) is 0 Å². The van der Waals surface area contributed by atoms with Gasteiger partial charge in [0.2, 0.25) is 0 Å². The smallest absolute Gasteiger partial charge is 0.437 e. The van der Waals surface area contributed by atoms with Gasteiger partial charge in [-0.25, -0.2) is 9.78 Å². The third kappa shape index (κ3) is 2.17. The molecule has 6 nitrogen and oxygen atoms in total. The molecular weight excluding hydrogens is 290 g/mol. The first-order chi connectivity index (χ1) is 10.3. The van der Waals surface area contributed by atoms with Gasteiger partial charge in [0, 0.05) is 0 Å². The molecule has 4 rings (SSSR count). The van der Waals surface area contributed by atoms with Crippen LogP contribution < -0.4 is 5.76 Å². The number of fused-ring (bicyclic) bond motifs is 1. The van der Waals surface area contributed by atoms with Crippen LogP contribution >= 0.6 is 11.3 Å². The summed E-state index contributed by atoms with van der Waals surface area (Å²) in [6.45, 7) is 0.280. The van der Waals surface area contributed by atoms with Crippen molar-refractivity contribution in [2.75, 3.05) is 0 Å². The van der Waals surface area contributed by atoms with Crippen LogP contribution in [0.3, 0.4) is 0 Å². The molecule has 0 aliphatic rings. The maximum atomic E-state index is 11.8. The third-order valence-electron chi connectivity index (χ3n) is 2.96. The molecule has 0 N–H and O–H groups in total. The lowest BCUT2D eigenvalue weighted by atomic mass is 10.3. The van der Waals surface area contributed by atoms with Crippen LogP contribution in [-0.4, -0.2) is 14.8 Å². The van der Waals surface area contributed by atoms with Crippen molar-refractivity contribution in [1.82, 2.24) is 14.8 Å². The molecular formula is C14H9N3O3S. The summed E-state index contributed by atoms with van der Waals surface area (Å²) in [7, 11) is 0. The van der Waals surface area contributed by atoms with Crippen LogP contribution in [-0.2, 0) is 6.54 Å². The van der Waals surface area contributed by atoms with Gasteiger partial charge in [-0.3, -0.25) is 0 Å². The Bertz CT molecular complexity index is 916. The lowest BCUT2D eigenvalue weighted by molar-refractivity contribution is 0.476. The minimum Gasteiger partial charge on any atom is -0.459 e. The van der Waals surface area contributed by atoms with E-state index in [2.05, 4.69) is 10.1 Å². The Morgan fingerprint density at radius 1 is 1.19 bits per heavy atom. The molecule has 0 atom stereocenters. The van der Waals surface area contributed by atoms with Crippen molar-refractivity contribution in [3.05, 3.63) is 58.2 Å². The van der Waals surface area contributed by atoms with Crippen molar-refractivity contribution in [3.8, 4) is 11.7 Å². The predicted molar refractivity (Wildman–Crippen MR) is 77.2 cm³/mol. The number of furan rings is 1. The molecule has 0 spiro atoms. The topological polar surface area (TPSA) is 74.1 Å². The Morgan fingerprint density at radius 2 is 2.10 bits per heavy atom. The number of aromatic nitrogens is 3. The standard InChI is InChI=1S/C14H9N3O3S/c18-14-17(16-13(20-14)10-5-3-7-19-10)8-12-15-9-4-1-2-6-11(9)21-12/h1-7H,8H2. The number of rotatable bonds is 3. The third-order valence-corrected chi connectivity index (χ3v) is 3.98. The maximum absolute atomic E-state index is 11.8. The molecule has 3 heterocycles. The van der Waals surface area contributed by atoms with Crippen LogP contribution in [0.15, 0.2) is 56.3 Å². The summed E-state index contributed by atoms with van der Waals surface area (Å²) in [6, 6.07) is 11.2. The predicted octanol–water partition coefficient (Wildman–Crippen LogP) is 2.75. The molecule has 1 aromatic carbocycles. The molecule has 0 unspecified atom stereocenters. The fourth-order valence-electron chi connectivity index (χ4n) is 2.02. The van der Waals surface area contributed by atoms with Gasteiger partial charge in [-0.1, -0.05) is 12.1 Å². The molecule has 4 aromatic rings. The second-order valence-electron chi connectivity index (χ2n) is 4.38. The zero-order chi connectivity index (χ0) is 14.2. The fourth-order valence-corrected chi connectivity index (χ4v) is 2.97. The summed E-state index contributed by atoms with van der Waals surface area (Å²) in [5, 5.41) is 4.93. The van der Waals surface area contributed by atoms with Gasteiger partial charge in [-0.15, -0.1) is 16.4 Å². The number of nitrogens with zero attached hydrogens (tertiary/aromatic N) is 3. The molecule has 0 aliphatic carbocycles. The van der Waals surface area contributed by atoms with Crippen molar-refractivity contribution >= 4 is 21.6 Å². The number of benzene rings is 1. The van der Waals surface area contributed by atoms with Crippen LogP contribution in [0, 0.1) is 0 Å². The molecule has 0 radical (unpaired) electrons. The first-order valence-electron chi connectivity index (χ1n) is 6.26. The van der Waals surface area contributed by atoms with E-state index >= 15 is 0 Å². The van der Waals surface area contributed by atoms with Gasteiger partial charge >= 0.3 is 5.76 Å². The van der Waals surface area contributed by atoms with Gasteiger partial charge in [0.05, 0.1) is 16.5 Å². The molecule has 0 bridgehead atoms. The van der Waals surface area contributed by atoms with E-state index < -0.39 is 5.76 Å².